The number of para-hydroxylation sites is 1. The molecule has 0 saturated carbocycles. The smallest absolute Gasteiger partial charge is 0.258 e. The number of hydrogen-bond acceptors (Lipinski definition) is 5. The van der Waals surface area contributed by atoms with Gasteiger partial charge in [-0.3, -0.25) is 4.79 Å². The zero-order valence-corrected chi connectivity index (χ0v) is 12.6. The van der Waals surface area contributed by atoms with Gasteiger partial charge < -0.3 is 9.55 Å². The minimum Gasteiger partial charge on any atom is -0.309 e. The van der Waals surface area contributed by atoms with Gasteiger partial charge in [0.1, 0.15) is 12.2 Å². The number of fused-ring (bicyclic) bond motifs is 1. The van der Waals surface area contributed by atoms with Crippen molar-refractivity contribution in [3.8, 4) is 0 Å². The van der Waals surface area contributed by atoms with Gasteiger partial charge in [-0.25, -0.2) is 4.98 Å². The van der Waals surface area contributed by atoms with E-state index in [0.29, 0.717) is 16.7 Å². The number of H-pyrrole nitrogens is 1. The van der Waals surface area contributed by atoms with E-state index in [1.165, 1.54) is 11.8 Å². The van der Waals surface area contributed by atoms with Crippen LogP contribution < -0.4 is 5.56 Å². The number of nitrogens with one attached hydrogen (secondary N) is 1. The fourth-order valence-electron chi connectivity index (χ4n) is 2.06. The normalized spacial score (nSPS) is 12.7. The molecule has 6 nitrogen and oxygen atoms in total. The van der Waals surface area contributed by atoms with Crippen molar-refractivity contribution >= 4 is 22.7 Å². The molecular weight excluding hydrogens is 286 g/mol. The first kappa shape index (κ1) is 13.8. The van der Waals surface area contributed by atoms with Gasteiger partial charge in [-0.2, -0.15) is 0 Å². The lowest BCUT2D eigenvalue weighted by atomic mass is 10.2. The maximum absolute atomic E-state index is 12.1. The molecule has 1 aromatic carbocycles. The summed E-state index contributed by atoms with van der Waals surface area (Å²) in [5.74, 6) is 0.648. The summed E-state index contributed by atoms with van der Waals surface area (Å²) in [6.45, 7) is 4.84. The predicted octanol–water partition coefficient (Wildman–Crippen LogP) is 2.39. The van der Waals surface area contributed by atoms with Crippen molar-refractivity contribution in [3.63, 3.8) is 0 Å². The van der Waals surface area contributed by atoms with Crippen LogP contribution in [0.3, 0.4) is 0 Å². The van der Waals surface area contributed by atoms with Crippen LogP contribution >= 0.6 is 11.8 Å². The monoisotopic (exact) mass is 301 g/mol. The number of aromatic amines is 1. The van der Waals surface area contributed by atoms with E-state index in [2.05, 4.69) is 20.2 Å². The Balaban J connectivity index is 1.94. The molecule has 0 aliphatic rings. The van der Waals surface area contributed by atoms with Crippen LogP contribution in [-0.4, -0.2) is 24.7 Å². The Morgan fingerprint density at radius 3 is 3.00 bits per heavy atom. The van der Waals surface area contributed by atoms with Crippen molar-refractivity contribution < 1.29 is 0 Å². The highest BCUT2D eigenvalue weighted by Gasteiger charge is 2.15. The van der Waals surface area contributed by atoms with Crippen molar-refractivity contribution in [1.82, 2.24) is 24.7 Å². The minimum atomic E-state index is -0.111. The predicted molar refractivity (Wildman–Crippen MR) is 82.3 cm³/mol. The molecule has 0 aliphatic carbocycles. The molecule has 0 spiro atoms. The summed E-state index contributed by atoms with van der Waals surface area (Å²) in [4.78, 5) is 19.5. The Morgan fingerprint density at radius 2 is 2.19 bits per heavy atom. The van der Waals surface area contributed by atoms with Crippen LogP contribution in [0, 0.1) is 0 Å². The van der Waals surface area contributed by atoms with Gasteiger partial charge in [0.15, 0.2) is 5.16 Å². The second-order valence-electron chi connectivity index (χ2n) is 4.63. The third kappa shape index (κ3) is 2.69. The zero-order valence-electron chi connectivity index (χ0n) is 11.8. The summed E-state index contributed by atoms with van der Waals surface area (Å²) >= 11 is 1.53. The van der Waals surface area contributed by atoms with Crippen molar-refractivity contribution in [2.24, 2.45) is 0 Å². The topological polar surface area (TPSA) is 76.5 Å². The molecule has 21 heavy (non-hydrogen) atoms. The van der Waals surface area contributed by atoms with Crippen LogP contribution in [0.25, 0.3) is 10.9 Å². The standard InChI is InChI=1S/C14H15N5OS/c1-3-19-8-15-18-14(19)21-9(2)12-16-11-7-5-4-6-10(11)13(20)17-12/h4-9H,3H2,1-2H3,(H,16,17,20)/t9-/m0/s1. The lowest BCUT2D eigenvalue weighted by molar-refractivity contribution is 0.679. The number of benzene rings is 1. The van der Waals surface area contributed by atoms with Crippen molar-refractivity contribution in [2.75, 3.05) is 0 Å². The first-order valence-electron chi connectivity index (χ1n) is 6.72. The summed E-state index contributed by atoms with van der Waals surface area (Å²) in [5, 5.41) is 9.41. The van der Waals surface area contributed by atoms with Gasteiger partial charge >= 0.3 is 0 Å². The maximum Gasteiger partial charge on any atom is 0.258 e. The largest absolute Gasteiger partial charge is 0.309 e. The number of thioether (sulfide) groups is 1. The van der Waals surface area contributed by atoms with E-state index in [1.54, 1.807) is 12.4 Å². The third-order valence-electron chi connectivity index (χ3n) is 3.22. The number of aryl methyl sites for hydroxylation is 1. The second kappa shape index (κ2) is 5.69. The molecule has 1 atom stereocenters. The molecule has 1 N–H and O–H groups in total. The van der Waals surface area contributed by atoms with E-state index in [4.69, 9.17) is 0 Å². The number of nitrogens with zero attached hydrogens (tertiary/aromatic N) is 4. The fourth-order valence-corrected chi connectivity index (χ4v) is 3.01. The summed E-state index contributed by atoms with van der Waals surface area (Å²) in [5.41, 5.74) is 0.598. The first-order chi connectivity index (χ1) is 10.2. The molecule has 108 valence electrons. The molecule has 0 aliphatic heterocycles. The van der Waals surface area contributed by atoms with Crippen LogP contribution in [0.2, 0.25) is 0 Å². The molecule has 0 unspecified atom stereocenters. The third-order valence-corrected chi connectivity index (χ3v) is 4.32. The Kier molecular flexibility index (Phi) is 3.74. The summed E-state index contributed by atoms with van der Waals surface area (Å²) < 4.78 is 1.96. The molecule has 2 aromatic heterocycles. The molecule has 0 fully saturated rings. The lowest BCUT2D eigenvalue weighted by Crippen LogP contribution is -2.13. The van der Waals surface area contributed by atoms with Gasteiger partial charge in [0.25, 0.3) is 5.56 Å². The maximum atomic E-state index is 12.1. The molecule has 0 amide bonds. The Morgan fingerprint density at radius 1 is 1.38 bits per heavy atom. The average Bonchev–Trinajstić information content (AvgIpc) is 2.94. The van der Waals surface area contributed by atoms with Crippen molar-refractivity contribution in [2.45, 2.75) is 30.8 Å². The molecule has 3 aromatic rings. The van der Waals surface area contributed by atoms with Crippen LogP contribution in [0.4, 0.5) is 0 Å². The Labute approximate surface area is 125 Å². The van der Waals surface area contributed by atoms with Crippen LogP contribution in [-0.2, 0) is 6.54 Å². The van der Waals surface area contributed by atoms with Crippen molar-refractivity contribution in [3.05, 3.63) is 46.8 Å². The van der Waals surface area contributed by atoms with E-state index < -0.39 is 0 Å². The summed E-state index contributed by atoms with van der Waals surface area (Å²) in [7, 11) is 0. The van der Waals surface area contributed by atoms with Crippen LogP contribution in [0.5, 0.6) is 0 Å². The van der Waals surface area contributed by atoms with Gasteiger partial charge in [-0.15, -0.1) is 10.2 Å². The van der Waals surface area contributed by atoms with Crippen LogP contribution in [0.15, 0.2) is 40.5 Å². The van der Waals surface area contributed by atoms with E-state index >= 15 is 0 Å². The highest BCUT2D eigenvalue weighted by Crippen LogP contribution is 2.31. The second-order valence-corrected chi connectivity index (χ2v) is 5.94. The van der Waals surface area contributed by atoms with Gasteiger partial charge in [0.05, 0.1) is 16.2 Å². The summed E-state index contributed by atoms with van der Waals surface area (Å²) in [6.07, 6.45) is 1.70. The summed E-state index contributed by atoms with van der Waals surface area (Å²) in [6, 6.07) is 7.33. The number of aromatic nitrogens is 5. The van der Waals surface area contributed by atoms with E-state index in [-0.39, 0.29) is 10.8 Å². The molecule has 0 bridgehead atoms. The quantitative estimate of drug-likeness (QED) is 0.749. The highest BCUT2D eigenvalue weighted by molar-refractivity contribution is 7.99. The van der Waals surface area contributed by atoms with Crippen LogP contribution in [0.1, 0.15) is 24.9 Å². The van der Waals surface area contributed by atoms with E-state index in [1.807, 2.05) is 36.6 Å². The van der Waals surface area contributed by atoms with Gasteiger partial charge in [0.2, 0.25) is 0 Å². The Bertz CT molecular complexity index is 825. The molecule has 0 saturated heterocycles. The molecular formula is C14H15N5OS. The van der Waals surface area contributed by atoms with Gasteiger partial charge in [0, 0.05) is 6.54 Å². The number of hydrogen-bond donors (Lipinski definition) is 1. The fraction of sp³-hybridized carbons (Fsp3) is 0.286. The minimum absolute atomic E-state index is 0.0168. The van der Waals surface area contributed by atoms with E-state index in [9.17, 15) is 4.79 Å². The average molecular weight is 301 g/mol. The highest BCUT2D eigenvalue weighted by atomic mass is 32.2. The van der Waals surface area contributed by atoms with E-state index in [0.717, 1.165) is 11.7 Å². The molecule has 0 radical (unpaired) electrons. The van der Waals surface area contributed by atoms with Crippen molar-refractivity contribution in [1.29, 1.82) is 0 Å². The van der Waals surface area contributed by atoms with Gasteiger partial charge in [-0.05, 0) is 26.0 Å². The molecule has 3 rings (SSSR count). The zero-order chi connectivity index (χ0) is 14.8. The SMILES string of the molecule is CCn1cnnc1S[C@@H](C)c1nc2ccccc2c(=O)[nH]1. The first-order valence-corrected chi connectivity index (χ1v) is 7.60. The Hall–Kier alpha value is -2.15. The number of rotatable bonds is 4. The molecule has 7 heteroatoms. The molecule has 2 heterocycles. The lowest BCUT2D eigenvalue weighted by Gasteiger charge is -2.11. The van der Waals surface area contributed by atoms with Gasteiger partial charge in [-0.1, -0.05) is 23.9 Å².